The van der Waals surface area contributed by atoms with Crippen molar-refractivity contribution in [2.24, 2.45) is 0 Å². The molecule has 2 N–H and O–H groups in total. The smallest absolute Gasteiger partial charge is 0.261 e. The molecule has 3 rings (SSSR count). The van der Waals surface area contributed by atoms with Crippen molar-refractivity contribution in [2.75, 3.05) is 19.8 Å². The van der Waals surface area contributed by atoms with Gasteiger partial charge in [-0.25, -0.2) is 0 Å². The predicted molar refractivity (Wildman–Crippen MR) is 97.4 cm³/mol. The molecular weight excluding hydrogens is 320 g/mol. The predicted octanol–water partition coefficient (Wildman–Crippen LogP) is 3.38. The van der Waals surface area contributed by atoms with Crippen LogP contribution in [0.4, 0.5) is 0 Å². The molecule has 1 aromatic heterocycles. The molecule has 1 aliphatic heterocycles. The lowest BCUT2D eigenvalue weighted by molar-refractivity contribution is 0.0332. The minimum Gasteiger partial charge on any atom is -0.381 e. The average Bonchev–Trinajstić information content (AvgIpc) is 3.16. The Bertz CT molecular complexity index is 637. The highest BCUT2D eigenvalue weighted by molar-refractivity contribution is 7.12. The molecule has 5 heteroatoms. The van der Waals surface area contributed by atoms with E-state index < -0.39 is 0 Å². The van der Waals surface area contributed by atoms with E-state index >= 15 is 0 Å². The maximum absolute atomic E-state index is 12.3. The second-order valence-corrected chi connectivity index (χ2v) is 7.28. The molecule has 1 aliphatic rings. The Morgan fingerprint density at radius 3 is 2.62 bits per heavy atom. The lowest BCUT2D eigenvalue weighted by atomic mass is 9.88. The van der Waals surface area contributed by atoms with Crippen LogP contribution < -0.4 is 10.6 Å². The Morgan fingerprint density at radius 2 is 1.96 bits per heavy atom. The van der Waals surface area contributed by atoms with Gasteiger partial charge in [0.15, 0.2) is 0 Å². The molecule has 1 atom stereocenters. The number of hydrogen-bond acceptors (Lipinski definition) is 4. The molecule has 0 unspecified atom stereocenters. The minimum atomic E-state index is -0.125. The number of thiophene rings is 1. The van der Waals surface area contributed by atoms with E-state index in [0.717, 1.165) is 30.9 Å². The summed E-state index contributed by atoms with van der Waals surface area (Å²) >= 11 is 1.47. The van der Waals surface area contributed by atoms with E-state index in [1.54, 1.807) is 0 Å². The van der Waals surface area contributed by atoms with Crippen molar-refractivity contribution in [3.8, 4) is 0 Å². The number of nitrogens with one attached hydrogen (secondary N) is 2. The van der Waals surface area contributed by atoms with Gasteiger partial charge in [-0.1, -0.05) is 36.4 Å². The van der Waals surface area contributed by atoms with Gasteiger partial charge >= 0.3 is 0 Å². The summed E-state index contributed by atoms with van der Waals surface area (Å²) < 4.78 is 5.54. The number of amides is 1. The number of carbonyl (C=O) groups excluding carboxylic acids is 1. The molecule has 1 saturated heterocycles. The summed E-state index contributed by atoms with van der Waals surface area (Å²) in [4.78, 5) is 13.0. The first-order valence-corrected chi connectivity index (χ1v) is 9.29. The Kier molecular flexibility index (Phi) is 5.66. The van der Waals surface area contributed by atoms with Crippen LogP contribution in [-0.2, 0) is 4.74 Å². The number of rotatable bonds is 6. The summed E-state index contributed by atoms with van der Waals surface area (Å²) in [6.07, 6.45) is 1.80. The van der Waals surface area contributed by atoms with E-state index in [0.29, 0.717) is 6.54 Å². The summed E-state index contributed by atoms with van der Waals surface area (Å²) in [6.45, 7) is 4.24. The first kappa shape index (κ1) is 17.1. The number of carbonyl (C=O) groups is 1. The van der Waals surface area contributed by atoms with Gasteiger partial charge in [0.05, 0.1) is 4.88 Å². The van der Waals surface area contributed by atoms with Gasteiger partial charge in [0, 0.05) is 31.3 Å². The minimum absolute atomic E-state index is 0.00466. The van der Waals surface area contributed by atoms with Crippen molar-refractivity contribution in [3.05, 3.63) is 58.3 Å². The van der Waals surface area contributed by atoms with Crippen LogP contribution in [0.15, 0.2) is 47.8 Å². The number of ether oxygens (including phenoxy) is 1. The van der Waals surface area contributed by atoms with E-state index in [4.69, 9.17) is 4.74 Å². The lowest BCUT2D eigenvalue weighted by Crippen LogP contribution is -2.57. The van der Waals surface area contributed by atoms with Gasteiger partial charge in [0.1, 0.15) is 0 Å². The van der Waals surface area contributed by atoms with Gasteiger partial charge in [0.25, 0.3) is 5.91 Å². The van der Waals surface area contributed by atoms with Gasteiger partial charge < -0.3 is 15.4 Å². The maximum Gasteiger partial charge on any atom is 0.261 e. The quantitative estimate of drug-likeness (QED) is 0.845. The first-order chi connectivity index (χ1) is 11.7. The molecule has 0 radical (unpaired) electrons. The summed E-state index contributed by atoms with van der Waals surface area (Å²) in [5, 5.41) is 8.79. The van der Waals surface area contributed by atoms with Crippen LogP contribution in [0, 0.1) is 0 Å². The van der Waals surface area contributed by atoms with Crippen molar-refractivity contribution < 1.29 is 9.53 Å². The van der Waals surface area contributed by atoms with Crippen LogP contribution in [0.5, 0.6) is 0 Å². The molecule has 2 heterocycles. The molecule has 1 aromatic carbocycles. The molecule has 0 saturated carbocycles. The van der Waals surface area contributed by atoms with Gasteiger partial charge in [-0.05, 0) is 36.8 Å². The Hall–Kier alpha value is -1.69. The molecule has 0 bridgehead atoms. The summed E-state index contributed by atoms with van der Waals surface area (Å²) in [5.74, 6) is 0.00466. The monoisotopic (exact) mass is 344 g/mol. The Balaban J connectivity index is 1.67. The highest BCUT2D eigenvalue weighted by Crippen LogP contribution is 2.25. The molecule has 0 aliphatic carbocycles. The van der Waals surface area contributed by atoms with E-state index in [1.807, 2.05) is 23.6 Å². The number of benzene rings is 1. The van der Waals surface area contributed by atoms with Crippen LogP contribution >= 0.6 is 11.3 Å². The summed E-state index contributed by atoms with van der Waals surface area (Å²) in [5.41, 5.74) is 1.13. The van der Waals surface area contributed by atoms with Crippen molar-refractivity contribution >= 4 is 17.2 Å². The first-order valence-electron chi connectivity index (χ1n) is 8.41. The third kappa shape index (κ3) is 4.23. The molecular formula is C19H24N2O2S. The van der Waals surface area contributed by atoms with Crippen LogP contribution in [0.2, 0.25) is 0 Å². The number of hydrogen-bond donors (Lipinski definition) is 2. The van der Waals surface area contributed by atoms with E-state index in [2.05, 4.69) is 41.8 Å². The molecule has 0 spiro atoms. The van der Waals surface area contributed by atoms with Crippen molar-refractivity contribution in [1.82, 2.24) is 10.6 Å². The zero-order valence-corrected chi connectivity index (χ0v) is 14.8. The average molecular weight is 344 g/mol. The van der Waals surface area contributed by atoms with Crippen LogP contribution in [0.3, 0.4) is 0 Å². The van der Waals surface area contributed by atoms with Crippen LogP contribution in [0.1, 0.15) is 41.0 Å². The fourth-order valence-electron chi connectivity index (χ4n) is 3.16. The lowest BCUT2D eigenvalue weighted by Gasteiger charge is -2.40. The maximum atomic E-state index is 12.3. The van der Waals surface area contributed by atoms with Gasteiger partial charge in [-0.15, -0.1) is 11.3 Å². The van der Waals surface area contributed by atoms with Gasteiger partial charge in [-0.3, -0.25) is 4.79 Å². The molecule has 128 valence electrons. The molecule has 2 aromatic rings. The second kappa shape index (κ2) is 7.92. The molecule has 1 fully saturated rings. The zero-order valence-electron chi connectivity index (χ0n) is 14.0. The third-order valence-corrected chi connectivity index (χ3v) is 5.47. The second-order valence-electron chi connectivity index (χ2n) is 6.33. The fraction of sp³-hybridized carbons (Fsp3) is 0.421. The highest BCUT2D eigenvalue weighted by atomic mass is 32.1. The molecule has 4 nitrogen and oxygen atoms in total. The molecule has 24 heavy (non-hydrogen) atoms. The Labute approximate surface area is 147 Å². The normalized spacial score (nSPS) is 18.0. The Morgan fingerprint density at radius 1 is 1.21 bits per heavy atom. The largest absolute Gasteiger partial charge is 0.381 e. The van der Waals surface area contributed by atoms with Crippen molar-refractivity contribution in [3.63, 3.8) is 0 Å². The standard InChI is InChI=1S/C19H24N2O2S/c1-15(16-6-3-2-4-7-16)21-19(9-11-23-12-10-19)14-20-18(22)17-8-5-13-24-17/h2-8,13,15,21H,9-12,14H2,1H3,(H,20,22)/t15-/m1/s1. The third-order valence-electron chi connectivity index (χ3n) is 4.60. The van der Waals surface area contributed by atoms with E-state index in [-0.39, 0.29) is 17.5 Å². The zero-order chi connectivity index (χ0) is 16.8. The van der Waals surface area contributed by atoms with Gasteiger partial charge in [-0.2, -0.15) is 0 Å². The van der Waals surface area contributed by atoms with E-state index in [9.17, 15) is 4.79 Å². The summed E-state index contributed by atoms with van der Waals surface area (Å²) in [6, 6.07) is 14.4. The van der Waals surface area contributed by atoms with Crippen molar-refractivity contribution in [2.45, 2.75) is 31.3 Å². The summed E-state index contributed by atoms with van der Waals surface area (Å²) in [7, 11) is 0. The van der Waals surface area contributed by atoms with Crippen LogP contribution in [-0.4, -0.2) is 31.2 Å². The van der Waals surface area contributed by atoms with E-state index in [1.165, 1.54) is 16.9 Å². The highest BCUT2D eigenvalue weighted by Gasteiger charge is 2.34. The SMILES string of the molecule is C[C@@H](NC1(CNC(=O)c2cccs2)CCOCC1)c1ccccc1. The topological polar surface area (TPSA) is 50.4 Å². The van der Waals surface area contributed by atoms with Gasteiger partial charge in [0.2, 0.25) is 0 Å². The molecule has 1 amide bonds. The van der Waals surface area contributed by atoms with Crippen LogP contribution in [0.25, 0.3) is 0 Å². The fourth-order valence-corrected chi connectivity index (χ4v) is 3.80. The van der Waals surface area contributed by atoms with Crippen molar-refractivity contribution in [1.29, 1.82) is 0 Å².